The number of anilines is 1. The van der Waals surface area contributed by atoms with Gasteiger partial charge in [0, 0.05) is 25.7 Å². The molecule has 3 aliphatic heterocycles. The van der Waals surface area contributed by atoms with E-state index in [-0.39, 0.29) is 18.5 Å². The van der Waals surface area contributed by atoms with Crippen molar-refractivity contribution in [1.82, 2.24) is 19.6 Å². The maximum absolute atomic E-state index is 14.2. The highest BCUT2D eigenvalue weighted by Crippen LogP contribution is 2.45. The maximum atomic E-state index is 14.2. The summed E-state index contributed by atoms with van der Waals surface area (Å²) in [6.45, 7) is 0.742. The van der Waals surface area contributed by atoms with Crippen LogP contribution in [-0.2, 0) is 22.4 Å². The van der Waals surface area contributed by atoms with Crippen LogP contribution in [0.2, 0.25) is 0 Å². The van der Waals surface area contributed by atoms with Gasteiger partial charge in [-0.05, 0) is 37.0 Å². The molecule has 0 saturated carbocycles. The zero-order valence-corrected chi connectivity index (χ0v) is 19.9. The average Bonchev–Trinajstić information content (AvgIpc) is 3.15. The Bertz CT molecular complexity index is 1440. The van der Waals surface area contributed by atoms with Crippen LogP contribution in [0.1, 0.15) is 36.8 Å². The summed E-state index contributed by atoms with van der Waals surface area (Å²) in [6.07, 6.45) is 5.33. The van der Waals surface area contributed by atoms with Gasteiger partial charge in [0.05, 0.1) is 11.6 Å². The normalized spacial score (nSPS) is 23.9. The monoisotopic (exact) mass is 485 g/mol. The number of imide groups is 2. The topological polar surface area (TPSA) is 104 Å². The highest BCUT2D eigenvalue weighted by Gasteiger charge is 2.62. The van der Waals surface area contributed by atoms with Crippen LogP contribution in [-0.4, -0.2) is 51.3 Å². The van der Waals surface area contributed by atoms with Crippen molar-refractivity contribution >= 4 is 29.3 Å². The summed E-state index contributed by atoms with van der Waals surface area (Å²) in [5, 5.41) is 2.47. The molecule has 3 aromatic rings. The highest BCUT2D eigenvalue weighted by atomic mass is 16.2. The van der Waals surface area contributed by atoms with Crippen molar-refractivity contribution in [3.63, 3.8) is 0 Å². The molecule has 9 nitrogen and oxygen atoms in total. The lowest BCUT2D eigenvalue weighted by Crippen LogP contribution is -2.72. The van der Waals surface area contributed by atoms with E-state index in [4.69, 9.17) is 4.98 Å². The molecule has 1 spiro atoms. The molecule has 6 rings (SSSR count). The highest BCUT2D eigenvalue weighted by molar-refractivity contribution is 6.20. The van der Waals surface area contributed by atoms with Crippen LogP contribution >= 0.6 is 0 Å². The van der Waals surface area contributed by atoms with E-state index in [9.17, 15) is 19.2 Å². The summed E-state index contributed by atoms with van der Waals surface area (Å²) in [5.74, 6) is -0.585. The number of carbonyl (C=O) groups excluding carboxylic acids is 3. The minimum atomic E-state index is -1.56. The van der Waals surface area contributed by atoms with Gasteiger partial charge in [0.2, 0.25) is 11.8 Å². The summed E-state index contributed by atoms with van der Waals surface area (Å²) >= 11 is 0. The quantitative estimate of drug-likeness (QED) is 0.571. The van der Waals surface area contributed by atoms with Crippen molar-refractivity contribution in [2.75, 3.05) is 18.0 Å². The third-order valence-corrected chi connectivity index (χ3v) is 7.82. The van der Waals surface area contributed by atoms with E-state index < -0.39 is 29.3 Å². The number of carbonyl (C=O) groups is 3. The second kappa shape index (κ2) is 8.58. The number of hydrogen-bond donors (Lipinski definition) is 1. The third kappa shape index (κ3) is 3.33. The fraction of sp³-hybridized carbons (Fsp3) is 0.370. The largest absolute Gasteiger partial charge is 0.352 e. The molecule has 5 heterocycles. The van der Waals surface area contributed by atoms with Crippen LogP contribution in [0.5, 0.6) is 0 Å². The SMILES string of the molecule is O=C1NC(=O)[C@]2(Cc3c(nc4ccccn4c3=O)N3CCCCC[C@H]32)C(=O)N1CCc1ccccc1. The maximum Gasteiger partial charge on any atom is 0.330 e. The van der Waals surface area contributed by atoms with Gasteiger partial charge in [-0.3, -0.25) is 29.0 Å². The number of nitrogens with zero attached hydrogens (tertiary/aromatic N) is 4. The van der Waals surface area contributed by atoms with Crippen LogP contribution in [0.25, 0.3) is 5.65 Å². The molecule has 2 aromatic heterocycles. The predicted octanol–water partition coefficient (Wildman–Crippen LogP) is 2.31. The molecule has 1 N–H and O–H groups in total. The molecule has 0 aliphatic carbocycles. The molecule has 3 aliphatic rings. The molecule has 184 valence electrons. The zero-order valence-electron chi connectivity index (χ0n) is 19.9. The van der Waals surface area contributed by atoms with Crippen molar-refractivity contribution in [2.24, 2.45) is 5.41 Å². The molecule has 2 fully saturated rings. The van der Waals surface area contributed by atoms with E-state index in [1.807, 2.05) is 41.3 Å². The minimum Gasteiger partial charge on any atom is -0.352 e. The van der Waals surface area contributed by atoms with Gasteiger partial charge >= 0.3 is 6.03 Å². The Hall–Kier alpha value is -4.01. The van der Waals surface area contributed by atoms with E-state index in [2.05, 4.69) is 5.32 Å². The molecule has 4 amide bonds. The smallest absolute Gasteiger partial charge is 0.330 e. The van der Waals surface area contributed by atoms with Crippen molar-refractivity contribution in [3.8, 4) is 0 Å². The first-order valence-electron chi connectivity index (χ1n) is 12.5. The van der Waals surface area contributed by atoms with Gasteiger partial charge in [-0.1, -0.05) is 49.2 Å². The number of aromatic nitrogens is 2. The first kappa shape index (κ1) is 22.5. The fourth-order valence-electron chi connectivity index (χ4n) is 6.02. The van der Waals surface area contributed by atoms with Crippen molar-refractivity contribution in [3.05, 3.63) is 76.2 Å². The molecule has 0 radical (unpaired) electrons. The molecule has 1 aromatic carbocycles. The van der Waals surface area contributed by atoms with E-state index in [1.165, 1.54) is 4.40 Å². The lowest BCUT2D eigenvalue weighted by molar-refractivity contribution is -0.153. The second-order valence-electron chi connectivity index (χ2n) is 9.81. The predicted molar refractivity (Wildman–Crippen MR) is 133 cm³/mol. The number of nitrogens with one attached hydrogen (secondary N) is 1. The molecular formula is C27H27N5O4. The summed E-state index contributed by atoms with van der Waals surface area (Å²) in [7, 11) is 0. The minimum absolute atomic E-state index is 0.0764. The van der Waals surface area contributed by atoms with Crippen LogP contribution < -0.4 is 15.8 Å². The Labute approximate surface area is 207 Å². The van der Waals surface area contributed by atoms with Gasteiger partial charge in [-0.2, -0.15) is 0 Å². The Morgan fingerprint density at radius 3 is 2.61 bits per heavy atom. The van der Waals surface area contributed by atoms with Gasteiger partial charge in [0.15, 0.2) is 5.41 Å². The number of amides is 4. The number of barbiturate groups is 1. The lowest BCUT2D eigenvalue weighted by Gasteiger charge is -2.50. The summed E-state index contributed by atoms with van der Waals surface area (Å²) in [4.78, 5) is 62.2. The molecule has 0 bridgehead atoms. The van der Waals surface area contributed by atoms with Gasteiger partial charge < -0.3 is 4.90 Å². The Balaban J connectivity index is 1.47. The fourth-order valence-corrected chi connectivity index (χ4v) is 6.02. The Morgan fingerprint density at radius 2 is 1.78 bits per heavy atom. The van der Waals surface area contributed by atoms with Gasteiger partial charge in [0.1, 0.15) is 11.5 Å². The number of benzene rings is 1. The standard InChI is InChI=1S/C27H27N5O4/c33-23-19-17-27(24(34)29-26(36)32(25(27)35)16-13-18-9-3-1-4-10-18)20-11-5-2-7-14-30(20)22(19)28-21-12-6-8-15-31(21)23/h1,3-4,6,8-10,12,15,20H,2,5,7,11,13-14,16-17H2,(H,29,34,36)/t20-,27+/m0/s1. The van der Waals surface area contributed by atoms with E-state index in [0.29, 0.717) is 36.4 Å². The van der Waals surface area contributed by atoms with Crippen LogP contribution in [0.15, 0.2) is 59.5 Å². The average molecular weight is 486 g/mol. The number of fused-ring (bicyclic) bond motifs is 5. The molecule has 9 heteroatoms. The molecular weight excluding hydrogens is 458 g/mol. The summed E-state index contributed by atoms with van der Waals surface area (Å²) in [6, 6.07) is 13.8. The zero-order chi connectivity index (χ0) is 24.9. The van der Waals surface area contributed by atoms with Crippen molar-refractivity contribution < 1.29 is 14.4 Å². The first-order chi connectivity index (χ1) is 17.5. The van der Waals surface area contributed by atoms with E-state index in [0.717, 1.165) is 29.7 Å². The number of pyridine rings is 1. The van der Waals surface area contributed by atoms with Gasteiger partial charge in [-0.25, -0.2) is 9.78 Å². The number of hydrogen-bond acceptors (Lipinski definition) is 6. The third-order valence-electron chi connectivity index (χ3n) is 7.82. The van der Waals surface area contributed by atoms with Crippen molar-refractivity contribution in [2.45, 2.75) is 44.6 Å². The molecule has 2 saturated heterocycles. The Morgan fingerprint density at radius 1 is 0.972 bits per heavy atom. The molecule has 2 atom stereocenters. The van der Waals surface area contributed by atoms with Gasteiger partial charge in [-0.15, -0.1) is 0 Å². The van der Waals surface area contributed by atoms with Crippen LogP contribution in [0, 0.1) is 5.41 Å². The van der Waals surface area contributed by atoms with Crippen LogP contribution in [0.3, 0.4) is 0 Å². The van der Waals surface area contributed by atoms with Crippen molar-refractivity contribution in [1.29, 1.82) is 0 Å². The Kier molecular flexibility index (Phi) is 5.35. The first-order valence-corrected chi connectivity index (χ1v) is 12.5. The summed E-state index contributed by atoms with van der Waals surface area (Å²) in [5.41, 5.74) is 0.0113. The van der Waals surface area contributed by atoms with E-state index >= 15 is 0 Å². The van der Waals surface area contributed by atoms with E-state index in [1.54, 1.807) is 18.3 Å². The lowest BCUT2D eigenvalue weighted by atomic mass is 9.68. The summed E-state index contributed by atoms with van der Waals surface area (Å²) < 4.78 is 1.45. The number of urea groups is 1. The second-order valence-corrected chi connectivity index (χ2v) is 9.81. The number of rotatable bonds is 3. The van der Waals surface area contributed by atoms with Gasteiger partial charge in [0.25, 0.3) is 5.56 Å². The molecule has 0 unspecified atom stereocenters. The molecule has 36 heavy (non-hydrogen) atoms. The van der Waals surface area contributed by atoms with Crippen LogP contribution in [0.4, 0.5) is 10.6 Å².